The summed E-state index contributed by atoms with van der Waals surface area (Å²) in [7, 11) is 4.24. The van der Waals surface area contributed by atoms with Gasteiger partial charge in [0.05, 0.1) is 0 Å². The summed E-state index contributed by atoms with van der Waals surface area (Å²) in [5.74, 6) is 0. The van der Waals surface area contributed by atoms with Crippen LogP contribution >= 0.6 is 0 Å². The summed E-state index contributed by atoms with van der Waals surface area (Å²) in [6, 6.07) is 0. The van der Waals surface area contributed by atoms with E-state index in [9.17, 15) is 0 Å². The lowest BCUT2D eigenvalue weighted by atomic mass is 10.0. The summed E-state index contributed by atoms with van der Waals surface area (Å²) in [5, 5.41) is 0. The van der Waals surface area contributed by atoms with E-state index >= 15 is 0 Å². The highest BCUT2D eigenvalue weighted by Crippen LogP contribution is 2.14. The summed E-state index contributed by atoms with van der Waals surface area (Å²) in [4.78, 5) is 2.17. The van der Waals surface area contributed by atoms with Crippen molar-refractivity contribution in [1.29, 1.82) is 0 Å². The Bertz CT molecular complexity index is 188. The molecule has 0 atom stereocenters. The van der Waals surface area contributed by atoms with Crippen LogP contribution in [-0.2, 0) is 0 Å². The zero-order valence-electron chi connectivity index (χ0n) is 16.0. The van der Waals surface area contributed by atoms with E-state index in [-0.39, 0.29) is 0 Å². The van der Waals surface area contributed by atoms with Crippen molar-refractivity contribution >= 4 is 0 Å². The fourth-order valence-electron chi connectivity index (χ4n) is 3.04. The Labute approximate surface area is 142 Å². The second-order valence-electron chi connectivity index (χ2n) is 7.24. The second kappa shape index (κ2) is 19.0. The number of nitrogens with zero attached hydrogens (tertiary/aromatic N) is 1. The Morgan fingerprint density at radius 2 is 0.818 bits per heavy atom. The highest BCUT2D eigenvalue weighted by Gasteiger charge is 1.95. The van der Waals surface area contributed by atoms with Crippen molar-refractivity contribution in [1.82, 2.24) is 4.90 Å². The van der Waals surface area contributed by atoms with Gasteiger partial charge in [0.15, 0.2) is 0 Å². The first-order valence-corrected chi connectivity index (χ1v) is 10.3. The van der Waals surface area contributed by atoms with Gasteiger partial charge in [-0.3, -0.25) is 0 Å². The van der Waals surface area contributed by atoms with Crippen molar-refractivity contribution in [3.8, 4) is 0 Å². The average Bonchev–Trinajstić information content (AvgIpc) is 2.50. The second-order valence-corrected chi connectivity index (χ2v) is 7.24. The molecular weight excluding hydrogens is 266 g/mol. The first-order chi connectivity index (χ1) is 10.8. The van der Waals surface area contributed by atoms with Crippen molar-refractivity contribution in [2.75, 3.05) is 14.1 Å². The topological polar surface area (TPSA) is 3.24 Å². The van der Waals surface area contributed by atoms with Gasteiger partial charge in [0, 0.05) is 6.54 Å². The van der Waals surface area contributed by atoms with Gasteiger partial charge >= 0.3 is 0 Å². The van der Waals surface area contributed by atoms with Gasteiger partial charge in [0.1, 0.15) is 0 Å². The summed E-state index contributed by atoms with van der Waals surface area (Å²) in [6.45, 7) is 4.59. The first-order valence-electron chi connectivity index (χ1n) is 10.3. The van der Waals surface area contributed by atoms with Gasteiger partial charge in [-0.1, -0.05) is 110 Å². The summed E-state index contributed by atoms with van der Waals surface area (Å²) < 4.78 is 0. The summed E-state index contributed by atoms with van der Waals surface area (Å²) in [5.41, 5.74) is 0. The lowest BCUT2D eigenvalue weighted by Gasteiger charge is -2.07. The standard InChI is InChI=1S/C21H44N/c1-4-5-6-7-8-9-10-11-12-13-14-15-16-17-18-19-20-21-22(2)3/h21H,4-20H2,1-3H3. The molecule has 0 N–H and O–H groups in total. The SMILES string of the molecule is CCCCCCCCCCCCCCCCCC[CH]N(C)C. The normalized spacial score (nSPS) is 11.5. The third-order valence-electron chi connectivity index (χ3n) is 4.55. The highest BCUT2D eigenvalue weighted by molar-refractivity contribution is 4.60. The third kappa shape index (κ3) is 20.0. The Balaban J connectivity index is 2.94. The van der Waals surface area contributed by atoms with Gasteiger partial charge in [-0.25, -0.2) is 0 Å². The molecule has 0 aliphatic heterocycles. The van der Waals surface area contributed by atoms with Crippen molar-refractivity contribution in [3.05, 3.63) is 6.54 Å². The molecule has 0 amide bonds. The molecule has 0 aliphatic carbocycles. The third-order valence-corrected chi connectivity index (χ3v) is 4.55. The molecule has 0 fully saturated rings. The Hall–Kier alpha value is -0.0400. The van der Waals surface area contributed by atoms with E-state index in [1.165, 1.54) is 109 Å². The van der Waals surface area contributed by atoms with Gasteiger partial charge in [0.25, 0.3) is 0 Å². The van der Waals surface area contributed by atoms with Crippen molar-refractivity contribution in [2.24, 2.45) is 0 Å². The van der Waals surface area contributed by atoms with Gasteiger partial charge in [-0.15, -0.1) is 0 Å². The molecule has 0 rings (SSSR count). The van der Waals surface area contributed by atoms with Crippen LogP contribution in [0.1, 0.15) is 116 Å². The van der Waals surface area contributed by atoms with Crippen LogP contribution in [0.3, 0.4) is 0 Å². The molecule has 0 saturated heterocycles. The molecule has 1 heteroatoms. The molecule has 0 heterocycles. The van der Waals surface area contributed by atoms with Crippen LogP contribution in [0.4, 0.5) is 0 Å². The molecule has 0 spiro atoms. The lowest BCUT2D eigenvalue weighted by Crippen LogP contribution is -2.06. The maximum Gasteiger partial charge on any atom is 0.0245 e. The maximum absolute atomic E-state index is 2.30. The van der Waals surface area contributed by atoms with E-state index in [1.807, 2.05) is 0 Å². The minimum Gasteiger partial charge on any atom is -0.305 e. The molecule has 1 radical (unpaired) electrons. The van der Waals surface area contributed by atoms with Crippen LogP contribution in [0, 0.1) is 6.54 Å². The van der Waals surface area contributed by atoms with Crippen molar-refractivity contribution in [3.63, 3.8) is 0 Å². The minimum atomic E-state index is 1.26. The smallest absolute Gasteiger partial charge is 0.0245 e. The number of hydrogen-bond donors (Lipinski definition) is 0. The monoisotopic (exact) mass is 310 g/mol. The van der Waals surface area contributed by atoms with Gasteiger partial charge in [-0.2, -0.15) is 0 Å². The number of hydrogen-bond acceptors (Lipinski definition) is 1. The Morgan fingerprint density at radius 3 is 1.14 bits per heavy atom. The molecule has 1 nitrogen and oxygen atoms in total. The summed E-state index contributed by atoms with van der Waals surface area (Å²) >= 11 is 0. The quantitative estimate of drug-likeness (QED) is 0.239. The van der Waals surface area contributed by atoms with Gasteiger partial charge < -0.3 is 4.90 Å². The lowest BCUT2D eigenvalue weighted by molar-refractivity contribution is 0.461. The molecule has 0 aromatic heterocycles. The molecule has 0 aromatic carbocycles. The van der Waals surface area contributed by atoms with Crippen LogP contribution < -0.4 is 0 Å². The van der Waals surface area contributed by atoms with Crippen molar-refractivity contribution in [2.45, 2.75) is 116 Å². The zero-order valence-corrected chi connectivity index (χ0v) is 16.0. The maximum atomic E-state index is 2.30. The molecule has 22 heavy (non-hydrogen) atoms. The largest absolute Gasteiger partial charge is 0.305 e. The highest BCUT2D eigenvalue weighted by atomic mass is 15.0. The molecule has 0 saturated carbocycles. The van der Waals surface area contributed by atoms with E-state index in [2.05, 4.69) is 32.5 Å². The van der Waals surface area contributed by atoms with E-state index in [1.54, 1.807) is 0 Å². The van der Waals surface area contributed by atoms with Gasteiger partial charge in [-0.05, 0) is 20.5 Å². The minimum absolute atomic E-state index is 1.26. The predicted molar refractivity (Wildman–Crippen MR) is 102 cm³/mol. The van der Waals surface area contributed by atoms with Crippen molar-refractivity contribution < 1.29 is 0 Å². The van der Waals surface area contributed by atoms with E-state index in [4.69, 9.17) is 0 Å². The molecule has 133 valence electrons. The predicted octanol–water partition coefficient (Wildman–Crippen LogP) is 7.36. The van der Waals surface area contributed by atoms with Crippen LogP contribution in [0.15, 0.2) is 0 Å². The molecule has 0 aromatic rings. The number of rotatable bonds is 18. The van der Waals surface area contributed by atoms with Gasteiger partial charge in [0.2, 0.25) is 0 Å². The fraction of sp³-hybridized carbons (Fsp3) is 0.952. The molecule has 0 unspecified atom stereocenters. The molecule has 0 bridgehead atoms. The number of unbranched alkanes of at least 4 members (excludes halogenated alkanes) is 16. The first kappa shape index (κ1) is 22.0. The van der Waals surface area contributed by atoms with Crippen LogP contribution in [0.25, 0.3) is 0 Å². The van der Waals surface area contributed by atoms with Crippen LogP contribution in [0.2, 0.25) is 0 Å². The molecular formula is C21H44N. The Morgan fingerprint density at radius 1 is 0.500 bits per heavy atom. The van der Waals surface area contributed by atoms with E-state index in [0.717, 1.165) is 0 Å². The van der Waals surface area contributed by atoms with E-state index in [0.29, 0.717) is 0 Å². The summed E-state index contributed by atoms with van der Waals surface area (Å²) in [6.07, 6.45) is 24.5. The zero-order chi connectivity index (χ0) is 16.3. The Kier molecular flexibility index (Phi) is 19.0. The molecule has 0 aliphatic rings. The fourth-order valence-corrected chi connectivity index (χ4v) is 3.04. The van der Waals surface area contributed by atoms with Crippen LogP contribution in [-0.4, -0.2) is 19.0 Å². The van der Waals surface area contributed by atoms with E-state index < -0.39 is 0 Å². The van der Waals surface area contributed by atoms with Crippen LogP contribution in [0.5, 0.6) is 0 Å². The average molecular weight is 311 g/mol.